The molecule has 0 unspecified atom stereocenters. The summed E-state index contributed by atoms with van der Waals surface area (Å²) in [7, 11) is 3.95. The first-order valence-corrected chi connectivity index (χ1v) is 5.88. The van der Waals surface area contributed by atoms with Crippen LogP contribution in [-0.4, -0.2) is 18.0 Å². The van der Waals surface area contributed by atoms with E-state index in [1.165, 1.54) is 45.2 Å². The molecule has 0 amide bonds. The second kappa shape index (κ2) is 12.7. The van der Waals surface area contributed by atoms with E-state index >= 15 is 0 Å². The van der Waals surface area contributed by atoms with Crippen molar-refractivity contribution in [3.8, 4) is 0 Å². The maximum atomic E-state index is 3.95. The van der Waals surface area contributed by atoms with Crippen molar-refractivity contribution in [2.24, 2.45) is 5.92 Å². The number of nitrogens with zero attached hydrogens (tertiary/aromatic N) is 1. The van der Waals surface area contributed by atoms with Crippen LogP contribution in [0.1, 0.15) is 52.9 Å². The topological polar surface area (TPSA) is 3.24 Å². The Hall–Kier alpha value is 1.60. The SMILES string of the molecule is CC.[CH2-]N1CCC(CCCC)CC1.[K+]. The maximum Gasteiger partial charge on any atom is 1.00 e. The number of likely N-dealkylation sites (tertiary alicyclic amines) is 1. The van der Waals surface area contributed by atoms with Crippen LogP contribution in [0.4, 0.5) is 0 Å². The summed E-state index contributed by atoms with van der Waals surface area (Å²) in [5.41, 5.74) is 0. The Morgan fingerprint density at radius 1 is 1.21 bits per heavy atom. The molecular formula is C12H26KN. The van der Waals surface area contributed by atoms with Crippen LogP contribution < -0.4 is 51.4 Å². The van der Waals surface area contributed by atoms with Gasteiger partial charge in [0.2, 0.25) is 0 Å². The van der Waals surface area contributed by atoms with E-state index < -0.39 is 0 Å². The van der Waals surface area contributed by atoms with Gasteiger partial charge in [0.1, 0.15) is 0 Å². The third kappa shape index (κ3) is 8.87. The maximum absolute atomic E-state index is 3.95. The van der Waals surface area contributed by atoms with Gasteiger partial charge in [-0.1, -0.05) is 40.0 Å². The quantitative estimate of drug-likeness (QED) is 0.503. The summed E-state index contributed by atoms with van der Waals surface area (Å²) in [5.74, 6) is 1.01. The second-order valence-corrected chi connectivity index (χ2v) is 3.70. The van der Waals surface area contributed by atoms with Crippen LogP contribution in [0.3, 0.4) is 0 Å². The minimum atomic E-state index is 0. The number of unbranched alkanes of at least 4 members (excludes halogenated alkanes) is 1. The van der Waals surface area contributed by atoms with Gasteiger partial charge in [0.15, 0.2) is 0 Å². The Kier molecular flexibility index (Phi) is 16.3. The van der Waals surface area contributed by atoms with Crippen molar-refractivity contribution >= 4 is 0 Å². The second-order valence-electron chi connectivity index (χ2n) is 3.70. The van der Waals surface area contributed by atoms with E-state index in [-0.39, 0.29) is 51.4 Å². The Labute approximate surface area is 133 Å². The molecule has 1 saturated heterocycles. The number of rotatable bonds is 3. The zero-order chi connectivity index (χ0) is 10.1. The summed E-state index contributed by atoms with van der Waals surface area (Å²) in [5, 5.41) is 0. The molecular weight excluding hydrogens is 197 g/mol. The van der Waals surface area contributed by atoms with Gasteiger partial charge in [0, 0.05) is 0 Å². The molecule has 0 spiro atoms. The molecule has 0 radical (unpaired) electrons. The summed E-state index contributed by atoms with van der Waals surface area (Å²) in [4.78, 5) is 2.20. The number of hydrogen-bond donors (Lipinski definition) is 0. The first kappa shape index (κ1) is 18.0. The molecule has 1 aliphatic rings. The molecule has 0 aromatic carbocycles. The minimum Gasteiger partial charge on any atom is -0.459 e. The van der Waals surface area contributed by atoms with Crippen molar-refractivity contribution in [2.45, 2.75) is 52.9 Å². The van der Waals surface area contributed by atoms with Crippen LogP contribution in [0, 0.1) is 13.0 Å². The van der Waals surface area contributed by atoms with Gasteiger partial charge in [0.25, 0.3) is 0 Å². The summed E-state index contributed by atoms with van der Waals surface area (Å²) >= 11 is 0. The average Bonchev–Trinajstić information content (AvgIpc) is 2.20. The van der Waals surface area contributed by atoms with Gasteiger partial charge in [-0.2, -0.15) is 0 Å². The molecule has 1 nitrogen and oxygen atoms in total. The molecule has 1 aliphatic heterocycles. The van der Waals surface area contributed by atoms with Crippen molar-refractivity contribution < 1.29 is 51.4 Å². The molecule has 1 fully saturated rings. The summed E-state index contributed by atoms with van der Waals surface area (Å²) in [6.45, 7) is 8.71. The smallest absolute Gasteiger partial charge is 0.459 e. The molecule has 0 saturated carbocycles. The van der Waals surface area contributed by atoms with Crippen LogP contribution in [0.2, 0.25) is 0 Å². The molecule has 0 N–H and O–H groups in total. The van der Waals surface area contributed by atoms with E-state index in [1.54, 1.807) is 0 Å². The normalized spacial score (nSPS) is 18.0. The molecule has 0 aromatic rings. The van der Waals surface area contributed by atoms with E-state index in [9.17, 15) is 0 Å². The molecule has 14 heavy (non-hydrogen) atoms. The van der Waals surface area contributed by atoms with Crippen molar-refractivity contribution in [1.82, 2.24) is 4.90 Å². The number of hydrogen-bond acceptors (Lipinski definition) is 1. The van der Waals surface area contributed by atoms with Gasteiger partial charge in [-0.05, 0) is 31.8 Å². The Morgan fingerprint density at radius 3 is 2.14 bits per heavy atom. The van der Waals surface area contributed by atoms with E-state index in [4.69, 9.17) is 0 Å². The zero-order valence-electron chi connectivity index (χ0n) is 10.7. The van der Waals surface area contributed by atoms with Gasteiger partial charge in [0.05, 0.1) is 0 Å². The first-order chi connectivity index (χ1) is 6.33. The number of piperidine rings is 1. The third-order valence-electron chi connectivity index (χ3n) is 2.67. The first-order valence-electron chi connectivity index (χ1n) is 5.88. The van der Waals surface area contributed by atoms with E-state index in [2.05, 4.69) is 18.9 Å². The van der Waals surface area contributed by atoms with Crippen LogP contribution >= 0.6 is 0 Å². The fourth-order valence-corrected chi connectivity index (χ4v) is 1.77. The fourth-order valence-electron chi connectivity index (χ4n) is 1.77. The Morgan fingerprint density at radius 2 is 1.71 bits per heavy atom. The summed E-state index contributed by atoms with van der Waals surface area (Å²) < 4.78 is 0. The van der Waals surface area contributed by atoms with E-state index in [0.717, 1.165) is 5.92 Å². The van der Waals surface area contributed by atoms with Gasteiger partial charge >= 0.3 is 51.4 Å². The van der Waals surface area contributed by atoms with Crippen molar-refractivity contribution in [2.75, 3.05) is 13.1 Å². The van der Waals surface area contributed by atoms with Crippen LogP contribution in [-0.2, 0) is 0 Å². The average molecular weight is 223 g/mol. The molecule has 0 atom stereocenters. The third-order valence-corrected chi connectivity index (χ3v) is 2.67. The predicted molar refractivity (Wildman–Crippen MR) is 60.5 cm³/mol. The van der Waals surface area contributed by atoms with E-state index in [0.29, 0.717) is 0 Å². The van der Waals surface area contributed by atoms with E-state index in [1.807, 2.05) is 13.8 Å². The molecule has 0 bridgehead atoms. The standard InChI is InChI=1S/C10H20N.C2H6.K/c1-3-4-5-10-6-8-11(2)9-7-10;1-2;/h10H,2-9H2,1H3;1-2H3;/q-1;;+1. The molecule has 0 aromatic heterocycles. The van der Waals surface area contributed by atoms with Gasteiger partial charge in [-0.3, -0.25) is 7.05 Å². The minimum absolute atomic E-state index is 0. The van der Waals surface area contributed by atoms with Gasteiger partial charge in [-0.25, -0.2) is 0 Å². The molecule has 2 heteroatoms. The summed E-state index contributed by atoms with van der Waals surface area (Å²) in [6.07, 6.45) is 6.98. The summed E-state index contributed by atoms with van der Waals surface area (Å²) in [6, 6.07) is 0. The monoisotopic (exact) mass is 223 g/mol. The van der Waals surface area contributed by atoms with Crippen molar-refractivity contribution in [3.63, 3.8) is 0 Å². The van der Waals surface area contributed by atoms with Crippen LogP contribution in [0.15, 0.2) is 0 Å². The van der Waals surface area contributed by atoms with Crippen LogP contribution in [0.5, 0.6) is 0 Å². The molecule has 1 heterocycles. The molecule has 80 valence electrons. The Balaban J connectivity index is 0. The zero-order valence-corrected chi connectivity index (χ0v) is 13.8. The molecule has 1 rings (SSSR count). The van der Waals surface area contributed by atoms with Crippen molar-refractivity contribution in [3.05, 3.63) is 7.05 Å². The largest absolute Gasteiger partial charge is 1.00 e. The van der Waals surface area contributed by atoms with Gasteiger partial charge < -0.3 is 4.90 Å². The van der Waals surface area contributed by atoms with Crippen molar-refractivity contribution in [1.29, 1.82) is 0 Å². The Bertz CT molecular complexity index is 95.7. The fraction of sp³-hybridized carbons (Fsp3) is 0.917. The predicted octanol–water partition coefficient (Wildman–Crippen LogP) is 0.710. The van der Waals surface area contributed by atoms with Gasteiger partial charge in [-0.15, -0.1) is 0 Å². The molecule has 0 aliphatic carbocycles. The van der Waals surface area contributed by atoms with Crippen LogP contribution in [0.25, 0.3) is 0 Å².